The van der Waals surface area contributed by atoms with E-state index in [-0.39, 0.29) is 23.6 Å². The Kier molecular flexibility index (Phi) is 5.42. The molecule has 3 rings (SSSR count). The zero-order chi connectivity index (χ0) is 19.4. The summed E-state index contributed by atoms with van der Waals surface area (Å²) in [6.45, 7) is 0. The van der Waals surface area contributed by atoms with Crippen molar-refractivity contribution in [2.75, 3.05) is 7.05 Å². The minimum absolute atomic E-state index is 0.0829. The molecule has 7 nitrogen and oxygen atoms in total. The lowest BCUT2D eigenvalue weighted by atomic mass is 10.00. The van der Waals surface area contributed by atoms with E-state index < -0.39 is 12.0 Å². The highest BCUT2D eigenvalue weighted by atomic mass is 16.3. The van der Waals surface area contributed by atoms with Crippen LogP contribution in [-0.2, 0) is 13.5 Å². The van der Waals surface area contributed by atoms with Gasteiger partial charge in [0.05, 0.1) is 11.9 Å². The van der Waals surface area contributed by atoms with Gasteiger partial charge in [-0.25, -0.2) is 4.98 Å². The molecule has 0 fully saturated rings. The lowest BCUT2D eigenvalue weighted by Crippen LogP contribution is -2.21. The first-order valence-electron chi connectivity index (χ1n) is 8.45. The highest BCUT2D eigenvalue weighted by Crippen LogP contribution is 2.22. The number of rotatable bonds is 6. The van der Waals surface area contributed by atoms with Crippen molar-refractivity contribution < 1.29 is 14.7 Å². The predicted molar refractivity (Wildman–Crippen MR) is 99.4 cm³/mol. The van der Waals surface area contributed by atoms with Crippen molar-refractivity contribution in [2.45, 2.75) is 12.5 Å². The van der Waals surface area contributed by atoms with Crippen LogP contribution in [0.1, 0.15) is 43.8 Å². The molecular weight excluding hydrogens is 344 g/mol. The summed E-state index contributed by atoms with van der Waals surface area (Å²) in [6, 6.07) is 11.9. The van der Waals surface area contributed by atoms with E-state index in [2.05, 4.69) is 15.4 Å². The first kappa shape index (κ1) is 18.5. The van der Waals surface area contributed by atoms with E-state index in [9.17, 15) is 14.7 Å². The third-order valence-corrected chi connectivity index (χ3v) is 4.15. The van der Waals surface area contributed by atoms with Crippen LogP contribution in [0.5, 0.6) is 0 Å². The van der Waals surface area contributed by atoms with Crippen LogP contribution in [0.4, 0.5) is 0 Å². The fourth-order valence-electron chi connectivity index (χ4n) is 2.75. The Labute approximate surface area is 156 Å². The van der Waals surface area contributed by atoms with Crippen LogP contribution in [0.3, 0.4) is 0 Å². The third kappa shape index (κ3) is 4.27. The number of nitrogens with zero attached hydrogens (tertiary/aromatic N) is 3. The highest BCUT2D eigenvalue weighted by molar-refractivity contribution is 6.00. The Balaban J connectivity index is 1.97. The normalized spacial score (nSPS) is 11.8. The Bertz CT molecular complexity index is 966. The number of carbonyl (C=O) groups is 2. The quantitative estimate of drug-likeness (QED) is 0.649. The van der Waals surface area contributed by atoms with Gasteiger partial charge >= 0.3 is 0 Å². The summed E-state index contributed by atoms with van der Waals surface area (Å²) in [5.74, 6) is -0.607. The smallest absolute Gasteiger partial charge is 0.269 e. The Morgan fingerprint density at radius 1 is 1.22 bits per heavy atom. The van der Waals surface area contributed by atoms with Crippen LogP contribution in [-0.4, -0.2) is 38.6 Å². The fourth-order valence-corrected chi connectivity index (χ4v) is 2.75. The summed E-state index contributed by atoms with van der Waals surface area (Å²) in [6.07, 6.45) is 2.49. The second-order valence-electron chi connectivity index (χ2n) is 6.18. The van der Waals surface area contributed by atoms with Gasteiger partial charge in [-0.15, -0.1) is 0 Å². The van der Waals surface area contributed by atoms with Crippen molar-refractivity contribution in [3.63, 3.8) is 0 Å². The average Bonchev–Trinajstić information content (AvgIpc) is 3.11. The van der Waals surface area contributed by atoms with Crippen molar-refractivity contribution in [2.24, 2.45) is 7.05 Å². The molecule has 1 aromatic carbocycles. The molecule has 0 saturated carbocycles. The van der Waals surface area contributed by atoms with E-state index in [1.54, 1.807) is 48.4 Å². The molecule has 2 aromatic heterocycles. The topological polar surface area (TPSA) is 97.1 Å². The van der Waals surface area contributed by atoms with Gasteiger partial charge in [-0.2, -0.15) is 5.10 Å². The Morgan fingerprint density at radius 2 is 1.96 bits per heavy atom. The van der Waals surface area contributed by atoms with Crippen molar-refractivity contribution >= 4 is 11.7 Å². The summed E-state index contributed by atoms with van der Waals surface area (Å²) in [5.41, 5.74) is 2.05. The van der Waals surface area contributed by atoms with Crippen LogP contribution >= 0.6 is 0 Å². The number of aliphatic hydroxyl groups excluding tert-OH is 1. The van der Waals surface area contributed by atoms with E-state index in [1.807, 2.05) is 6.07 Å². The summed E-state index contributed by atoms with van der Waals surface area (Å²) in [7, 11) is 3.26. The first-order valence-corrected chi connectivity index (χ1v) is 8.45. The highest BCUT2D eigenvalue weighted by Gasteiger charge is 2.19. The van der Waals surface area contributed by atoms with Gasteiger partial charge in [-0.05, 0) is 23.3 Å². The first-order chi connectivity index (χ1) is 13.0. The molecule has 0 aliphatic heterocycles. The van der Waals surface area contributed by atoms with Crippen LogP contribution in [0.25, 0.3) is 0 Å². The summed E-state index contributed by atoms with van der Waals surface area (Å²) in [5, 5.41) is 17.2. The van der Waals surface area contributed by atoms with E-state index in [1.165, 1.54) is 19.2 Å². The van der Waals surface area contributed by atoms with E-state index in [0.29, 0.717) is 11.1 Å². The van der Waals surface area contributed by atoms with E-state index in [0.717, 1.165) is 5.56 Å². The molecule has 1 amide bonds. The van der Waals surface area contributed by atoms with Crippen LogP contribution in [0.2, 0.25) is 0 Å². The standard InChI is InChI=1S/C20H20N4O3/c1-21-20(27)17-10-15(18(25)8-13-11-22-24(2)12-13)9-16(23-17)19(26)14-6-4-3-5-7-14/h3-7,9-12,19,26H,8H2,1-2H3,(H,21,27). The number of aromatic nitrogens is 3. The van der Waals surface area contributed by atoms with Gasteiger partial charge in [-0.1, -0.05) is 30.3 Å². The zero-order valence-electron chi connectivity index (χ0n) is 15.1. The van der Waals surface area contributed by atoms with Gasteiger partial charge < -0.3 is 10.4 Å². The van der Waals surface area contributed by atoms with Gasteiger partial charge in [0.25, 0.3) is 5.91 Å². The molecule has 0 spiro atoms. The fraction of sp³-hybridized carbons (Fsp3) is 0.200. The van der Waals surface area contributed by atoms with Crippen LogP contribution in [0.15, 0.2) is 54.9 Å². The molecule has 1 atom stereocenters. The molecule has 0 bridgehead atoms. The number of pyridine rings is 1. The largest absolute Gasteiger partial charge is 0.382 e. The zero-order valence-corrected chi connectivity index (χ0v) is 15.1. The minimum atomic E-state index is -1.04. The molecule has 0 saturated heterocycles. The maximum absolute atomic E-state index is 12.7. The third-order valence-electron chi connectivity index (χ3n) is 4.15. The van der Waals surface area contributed by atoms with Gasteiger partial charge in [0.2, 0.25) is 0 Å². The number of Topliss-reactive ketones (excluding diaryl/α,β-unsaturated/α-hetero) is 1. The summed E-state index contributed by atoms with van der Waals surface area (Å²) in [4.78, 5) is 29.0. The van der Waals surface area contributed by atoms with Crippen LogP contribution in [0, 0.1) is 0 Å². The number of aliphatic hydroxyl groups is 1. The van der Waals surface area contributed by atoms with Crippen molar-refractivity contribution in [3.05, 3.63) is 82.9 Å². The number of amides is 1. The van der Waals surface area contributed by atoms with E-state index >= 15 is 0 Å². The number of ketones is 1. The molecule has 1 unspecified atom stereocenters. The molecular formula is C20H20N4O3. The van der Waals surface area contributed by atoms with Crippen molar-refractivity contribution in [1.29, 1.82) is 0 Å². The SMILES string of the molecule is CNC(=O)c1cc(C(=O)Cc2cnn(C)c2)cc(C(O)c2ccccc2)n1. The molecule has 27 heavy (non-hydrogen) atoms. The second-order valence-corrected chi connectivity index (χ2v) is 6.18. The Morgan fingerprint density at radius 3 is 2.59 bits per heavy atom. The Hall–Kier alpha value is -3.32. The van der Waals surface area contributed by atoms with Gasteiger partial charge in [-0.3, -0.25) is 14.3 Å². The van der Waals surface area contributed by atoms with E-state index in [4.69, 9.17) is 0 Å². The number of hydrogen-bond donors (Lipinski definition) is 2. The number of hydrogen-bond acceptors (Lipinski definition) is 5. The van der Waals surface area contributed by atoms with Crippen molar-refractivity contribution in [3.8, 4) is 0 Å². The molecule has 0 aliphatic rings. The summed E-state index contributed by atoms with van der Waals surface area (Å²) >= 11 is 0. The predicted octanol–water partition coefficient (Wildman–Crippen LogP) is 1.68. The van der Waals surface area contributed by atoms with Crippen LogP contribution < -0.4 is 5.32 Å². The summed E-state index contributed by atoms with van der Waals surface area (Å²) < 4.78 is 1.62. The second kappa shape index (κ2) is 7.92. The number of benzene rings is 1. The molecule has 138 valence electrons. The van der Waals surface area contributed by atoms with Gasteiger partial charge in [0.1, 0.15) is 11.8 Å². The maximum Gasteiger partial charge on any atom is 0.269 e. The van der Waals surface area contributed by atoms with Gasteiger partial charge in [0.15, 0.2) is 5.78 Å². The minimum Gasteiger partial charge on any atom is -0.382 e. The molecule has 3 aromatic rings. The molecule has 0 aliphatic carbocycles. The number of carbonyl (C=O) groups excluding carboxylic acids is 2. The average molecular weight is 364 g/mol. The monoisotopic (exact) mass is 364 g/mol. The molecule has 0 radical (unpaired) electrons. The lowest BCUT2D eigenvalue weighted by molar-refractivity contribution is 0.0957. The van der Waals surface area contributed by atoms with Gasteiger partial charge in [0, 0.05) is 32.3 Å². The lowest BCUT2D eigenvalue weighted by Gasteiger charge is -2.13. The number of nitrogens with one attached hydrogen (secondary N) is 1. The molecule has 7 heteroatoms. The maximum atomic E-state index is 12.7. The molecule has 2 N–H and O–H groups in total. The number of aryl methyl sites for hydroxylation is 1. The molecule has 2 heterocycles. The van der Waals surface area contributed by atoms with Crippen molar-refractivity contribution in [1.82, 2.24) is 20.1 Å².